The molecule has 0 aromatic carbocycles. The molecule has 0 aliphatic carbocycles. The van der Waals surface area contributed by atoms with Crippen molar-refractivity contribution in [1.29, 1.82) is 0 Å². The second-order valence-corrected chi connectivity index (χ2v) is 5.99. The van der Waals surface area contributed by atoms with Gasteiger partial charge in [0.15, 0.2) is 0 Å². The van der Waals surface area contributed by atoms with Crippen LogP contribution in [0.5, 0.6) is 0 Å². The van der Waals surface area contributed by atoms with Crippen LogP contribution in [-0.2, 0) is 11.3 Å². The molecule has 3 heterocycles. The SMILES string of the molecule is CN1CCN(Cc2ncc[nH]2)CC12CCNC(=O)CC2. The average molecular weight is 277 g/mol. The van der Waals surface area contributed by atoms with Crippen LogP contribution in [0.3, 0.4) is 0 Å². The highest BCUT2D eigenvalue weighted by molar-refractivity contribution is 5.76. The van der Waals surface area contributed by atoms with Crippen molar-refractivity contribution in [2.75, 3.05) is 33.2 Å². The Morgan fingerprint density at radius 1 is 1.40 bits per heavy atom. The molecule has 0 saturated carbocycles. The van der Waals surface area contributed by atoms with Gasteiger partial charge in [-0.1, -0.05) is 0 Å². The van der Waals surface area contributed by atoms with Crippen molar-refractivity contribution in [3.63, 3.8) is 0 Å². The Bertz CT molecular complexity index is 460. The van der Waals surface area contributed by atoms with Crippen LogP contribution in [0.2, 0.25) is 0 Å². The predicted octanol–water partition coefficient (Wildman–Crippen LogP) is 0.196. The second-order valence-electron chi connectivity index (χ2n) is 5.99. The van der Waals surface area contributed by atoms with E-state index in [1.807, 2.05) is 6.20 Å². The lowest BCUT2D eigenvalue weighted by molar-refractivity contribution is -0.121. The summed E-state index contributed by atoms with van der Waals surface area (Å²) in [6.07, 6.45) is 6.29. The van der Waals surface area contributed by atoms with E-state index in [4.69, 9.17) is 0 Å². The van der Waals surface area contributed by atoms with Crippen molar-refractivity contribution in [2.24, 2.45) is 0 Å². The van der Waals surface area contributed by atoms with Crippen molar-refractivity contribution >= 4 is 5.91 Å². The van der Waals surface area contributed by atoms with E-state index in [9.17, 15) is 4.79 Å². The fourth-order valence-corrected chi connectivity index (χ4v) is 3.41. The number of rotatable bonds is 2. The molecule has 6 nitrogen and oxygen atoms in total. The van der Waals surface area contributed by atoms with Crippen LogP contribution in [0.4, 0.5) is 0 Å². The molecule has 2 aliphatic rings. The first-order valence-electron chi connectivity index (χ1n) is 7.36. The van der Waals surface area contributed by atoms with E-state index < -0.39 is 0 Å². The van der Waals surface area contributed by atoms with E-state index in [1.54, 1.807) is 6.20 Å². The first kappa shape index (κ1) is 13.6. The van der Waals surface area contributed by atoms with Gasteiger partial charge in [-0.3, -0.25) is 14.6 Å². The normalized spacial score (nSPS) is 29.4. The monoisotopic (exact) mass is 277 g/mol. The number of aromatic nitrogens is 2. The van der Waals surface area contributed by atoms with Gasteiger partial charge in [-0.15, -0.1) is 0 Å². The minimum Gasteiger partial charge on any atom is -0.356 e. The summed E-state index contributed by atoms with van der Waals surface area (Å²) in [5.41, 5.74) is 0.129. The molecule has 2 saturated heterocycles. The Morgan fingerprint density at radius 2 is 2.30 bits per heavy atom. The first-order chi connectivity index (χ1) is 9.68. The van der Waals surface area contributed by atoms with Gasteiger partial charge in [0.2, 0.25) is 5.91 Å². The number of likely N-dealkylation sites (N-methyl/N-ethyl adjacent to an activating group) is 1. The summed E-state index contributed by atoms with van der Waals surface area (Å²) < 4.78 is 0. The van der Waals surface area contributed by atoms with Crippen LogP contribution in [-0.4, -0.2) is 64.4 Å². The molecule has 1 aromatic heterocycles. The van der Waals surface area contributed by atoms with Gasteiger partial charge in [-0.2, -0.15) is 0 Å². The highest BCUT2D eigenvalue weighted by atomic mass is 16.1. The topological polar surface area (TPSA) is 64.3 Å². The van der Waals surface area contributed by atoms with Crippen LogP contribution in [0, 0.1) is 0 Å². The highest BCUT2D eigenvalue weighted by Gasteiger charge is 2.40. The largest absolute Gasteiger partial charge is 0.356 e. The first-order valence-corrected chi connectivity index (χ1v) is 7.36. The third-order valence-electron chi connectivity index (χ3n) is 4.74. The molecule has 2 aliphatic heterocycles. The summed E-state index contributed by atoms with van der Waals surface area (Å²) in [5.74, 6) is 1.21. The van der Waals surface area contributed by atoms with Gasteiger partial charge < -0.3 is 10.3 Å². The van der Waals surface area contributed by atoms with Crippen molar-refractivity contribution in [3.05, 3.63) is 18.2 Å². The van der Waals surface area contributed by atoms with E-state index in [-0.39, 0.29) is 11.4 Å². The number of carbonyl (C=O) groups excluding carboxylic acids is 1. The van der Waals surface area contributed by atoms with Gasteiger partial charge in [-0.05, 0) is 19.9 Å². The molecule has 0 radical (unpaired) electrons. The molecule has 1 amide bonds. The van der Waals surface area contributed by atoms with Crippen LogP contribution < -0.4 is 5.32 Å². The molecule has 110 valence electrons. The Labute approximate surface area is 119 Å². The standard InChI is InChI=1S/C14H23N5O/c1-18-8-9-19(10-12-15-6-7-16-12)11-14(18)3-2-13(20)17-5-4-14/h6-7H,2-5,8-11H2,1H3,(H,15,16)(H,17,20). The summed E-state index contributed by atoms with van der Waals surface area (Å²) in [4.78, 5) is 24.0. The number of aromatic amines is 1. The van der Waals surface area contributed by atoms with Crippen molar-refractivity contribution in [3.8, 4) is 0 Å². The number of hydrogen-bond donors (Lipinski definition) is 2. The molecule has 0 bridgehead atoms. The molecular weight excluding hydrogens is 254 g/mol. The molecule has 1 spiro atoms. The van der Waals surface area contributed by atoms with Gasteiger partial charge in [0.25, 0.3) is 0 Å². The molecule has 2 N–H and O–H groups in total. The maximum Gasteiger partial charge on any atom is 0.220 e. The lowest BCUT2D eigenvalue weighted by atomic mass is 9.86. The number of nitrogens with zero attached hydrogens (tertiary/aromatic N) is 3. The number of piperazine rings is 1. The Balaban J connectivity index is 1.70. The van der Waals surface area contributed by atoms with Crippen LogP contribution in [0.1, 0.15) is 25.1 Å². The van der Waals surface area contributed by atoms with E-state index in [2.05, 4.69) is 32.1 Å². The van der Waals surface area contributed by atoms with Gasteiger partial charge in [-0.25, -0.2) is 4.98 Å². The smallest absolute Gasteiger partial charge is 0.220 e. The number of amides is 1. The molecular formula is C14H23N5O. The summed E-state index contributed by atoms with van der Waals surface area (Å²) in [7, 11) is 2.19. The van der Waals surface area contributed by atoms with E-state index in [0.717, 1.165) is 51.4 Å². The molecule has 3 rings (SSSR count). The average Bonchev–Trinajstić information content (AvgIpc) is 2.86. The minimum absolute atomic E-state index is 0.129. The van der Waals surface area contributed by atoms with E-state index >= 15 is 0 Å². The van der Waals surface area contributed by atoms with E-state index in [1.165, 1.54) is 0 Å². The third-order valence-corrected chi connectivity index (χ3v) is 4.74. The Kier molecular flexibility index (Phi) is 3.76. The fourth-order valence-electron chi connectivity index (χ4n) is 3.41. The quantitative estimate of drug-likeness (QED) is 0.810. The van der Waals surface area contributed by atoms with Gasteiger partial charge in [0.05, 0.1) is 6.54 Å². The molecule has 1 atom stereocenters. The van der Waals surface area contributed by atoms with Crippen LogP contribution in [0.25, 0.3) is 0 Å². The van der Waals surface area contributed by atoms with Gasteiger partial charge in [0.1, 0.15) is 5.82 Å². The fraction of sp³-hybridized carbons (Fsp3) is 0.714. The number of carbonyl (C=O) groups is 1. The summed E-state index contributed by atoms with van der Waals surface area (Å²) in [6.45, 7) is 4.77. The zero-order valence-corrected chi connectivity index (χ0v) is 12.1. The van der Waals surface area contributed by atoms with Crippen molar-refractivity contribution < 1.29 is 4.79 Å². The van der Waals surface area contributed by atoms with Crippen molar-refractivity contribution in [2.45, 2.75) is 31.3 Å². The molecule has 1 unspecified atom stereocenters. The molecule has 20 heavy (non-hydrogen) atoms. The number of hydrogen-bond acceptors (Lipinski definition) is 4. The highest BCUT2D eigenvalue weighted by Crippen LogP contribution is 2.30. The summed E-state index contributed by atoms with van der Waals surface area (Å²) >= 11 is 0. The lowest BCUT2D eigenvalue weighted by Crippen LogP contribution is -2.60. The maximum atomic E-state index is 11.6. The summed E-state index contributed by atoms with van der Waals surface area (Å²) in [6, 6.07) is 0. The second kappa shape index (κ2) is 5.54. The Hall–Kier alpha value is -1.40. The molecule has 2 fully saturated rings. The van der Waals surface area contributed by atoms with Gasteiger partial charge >= 0.3 is 0 Å². The maximum absolute atomic E-state index is 11.6. The Morgan fingerprint density at radius 3 is 3.10 bits per heavy atom. The zero-order chi connectivity index (χ0) is 14.0. The number of imidazole rings is 1. The minimum atomic E-state index is 0.129. The number of nitrogens with one attached hydrogen (secondary N) is 2. The van der Waals surface area contributed by atoms with Gasteiger partial charge in [0, 0.05) is 50.5 Å². The van der Waals surface area contributed by atoms with Crippen LogP contribution >= 0.6 is 0 Å². The van der Waals surface area contributed by atoms with Crippen LogP contribution in [0.15, 0.2) is 12.4 Å². The number of H-pyrrole nitrogens is 1. The zero-order valence-electron chi connectivity index (χ0n) is 12.1. The lowest BCUT2D eigenvalue weighted by Gasteiger charge is -2.49. The third kappa shape index (κ3) is 2.71. The predicted molar refractivity (Wildman–Crippen MR) is 76.1 cm³/mol. The van der Waals surface area contributed by atoms with Crippen molar-refractivity contribution in [1.82, 2.24) is 25.1 Å². The summed E-state index contributed by atoms with van der Waals surface area (Å²) in [5, 5.41) is 2.99. The molecule has 6 heteroatoms. The molecule has 1 aromatic rings. The van der Waals surface area contributed by atoms with E-state index in [0.29, 0.717) is 6.42 Å².